The molecule has 2 aromatic rings. The van der Waals surface area contributed by atoms with Crippen molar-refractivity contribution in [2.24, 2.45) is 10.9 Å². The van der Waals surface area contributed by atoms with Crippen LogP contribution in [-0.2, 0) is 17.8 Å². The Labute approximate surface area is 190 Å². The summed E-state index contributed by atoms with van der Waals surface area (Å²) in [4.78, 5) is 6.77. The highest BCUT2D eigenvalue weighted by molar-refractivity contribution is 14.0. The molecule has 2 aromatic carbocycles. The fourth-order valence-electron chi connectivity index (χ4n) is 3.42. The molecule has 0 spiro atoms. The second kappa shape index (κ2) is 12.3. The van der Waals surface area contributed by atoms with Crippen LogP contribution in [0.1, 0.15) is 17.5 Å². The zero-order valence-electron chi connectivity index (χ0n) is 16.3. The highest BCUT2D eigenvalue weighted by atomic mass is 127. The summed E-state index contributed by atoms with van der Waals surface area (Å²) in [5, 5.41) is 4.29. The van der Waals surface area contributed by atoms with E-state index in [0.717, 1.165) is 55.6 Å². The van der Waals surface area contributed by atoms with Gasteiger partial charge in [0.2, 0.25) is 0 Å². The van der Waals surface area contributed by atoms with E-state index < -0.39 is 0 Å². The van der Waals surface area contributed by atoms with Crippen LogP contribution in [0.3, 0.4) is 0 Å². The number of benzene rings is 2. The Hall–Kier alpha value is -1.31. The van der Waals surface area contributed by atoms with Crippen LogP contribution < -0.4 is 5.32 Å². The average Bonchev–Trinajstić information content (AvgIpc) is 3.16. The van der Waals surface area contributed by atoms with E-state index in [1.54, 1.807) is 0 Å². The van der Waals surface area contributed by atoms with Gasteiger partial charge in [0.15, 0.2) is 5.96 Å². The zero-order valence-corrected chi connectivity index (χ0v) is 19.4. The van der Waals surface area contributed by atoms with Crippen molar-refractivity contribution in [1.82, 2.24) is 10.2 Å². The summed E-state index contributed by atoms with van der Waals surface area (Å²) in [5.41, 5.74) is 2.39. The number of halogens is 2. The number of rotatable bonds is 7. The van der Waals surface area contributed by atoms with Crippen LogP contribution in [0.15, 0.2) is 59.6 Å². The summed E-state index contributed by atoms with van der Waals surface area (Å²) in [6.45, 7) is 4.30. The third-order valence-electron chi connectivity index (χ3n) is 4.90. The van der Waals surface area contributed by atoms with Crippen LogP contribution in [-0.4, -0.2) is 44.1 Å². The minimum atomic E-state index is 0. The molecule has 1 fully saturated rings. The number of hydrogen-bond donors (Lipinski definition) is 1. The van der Waals surface area contributed by atoms with E-state index >= 15 is 0 Å². The van der Waals surface area contributed by atoms with Crippen molar-refractivity contribution in [2.75, 3.05) is 33.3 Å². The first kappa shape index (κ1) is 23.0. The fourth-order valence-corrected chi connectivity index (χ4v) is 3.65. The second-order valence-corrected chi connectivity index (χ2v) is 7.32. The van der Waals surface area contributed by atoms with Gasteiger partial charge in [-0.3, -0.25) is 4.99 Å². The molecule has 1 aliphatic rings. The molecule has 1 saturated heterocycles. The molecule has 6 heteroatoms. The summed E-state index contributed by atoms with van der Waals surface area (Å²) in [7, 11) is 1.84. The second-order valence-electron chi connectivity index (χ2n) is 6.92. The van der Waals surface area contributed by atoms with E-state index in [0.29, 0.717) is 12.5 Å². The monoisotopic (exact) mass is 513 g/mol. The molecule has 1 heterocycles. The highest BCUT2D eigenvalue weighted by Crippen LogP contribution is 2.18. The van der Waals surface area contributed by atoms with Crippen molar-refractivity contribution in [3.8, 4) is 0 Å². The van der Waals surface area contributed by atoms with Gasteiger partial charge in [0, 0.05) is 37.6 Å². The summed E-state index contributed by atoms with van der Waals surface area (Å²) < 4.78 is 5.92. The first-order chi connectivity index (χ1) is 13.3. The Morgan fingerprint density at radius 3 is 2.68 bits per heavy atom. The predicted octanol–water partition coefficient (Wildman–Crippen LogP) is 4.61. The summed E-state index contributed by atoms with van der Waals surface area (Å²) in [5.74, 6) is 1.52. The lowest BCUT2D eigenvalue weighted by molar-refractivity contribution is 0.0907. The van der Waals surface area contributed by atoms with Crippen LogP contribution in [0.5, 0.6) is 0 Å². The Morgan fingerprint density at radius 2 is 1.93 bits per heavy atom. The number of aliphatic imine (C=N–C) groups is 1. The highest BCUT2D eigenvalue weighted by Gasteiger charge is 2.24. The summed E-state index contributed by atoms with van der Waals surface area (Å²) in [6.07, 6.45) is 2.02. The quantitative estimate of drug-likeness (QED) is 0.334. The van der Waals surface area contributed by atoms with Crippen molar-refractivity contribution in [2.45, 2.75) is 19.4 Å². The minimum Gasteiger partial charge on any atom is -0.376 e. The standard InChI is InChI=1S/C22H28ClN3O.HI/c1-24-22(25-13-11-20-9-5-6-10-21(20)23)26-14-12-19(15-26)17-27-16-18-7-3-2-4-8-18;/h2-10,19H,11-17H2,1H3,(H,24,25);1H. The maximum absolute atomic E-state index is 6.23. The molecule has 3 rings (SSSR count). The van der Waals surface area contributed by atoms with Gasteiger partial charge < -0.3 is 15.0 Å². The van der Waals surface area contributed by atoms with Gasteiger partial charge in [0.05, 0.1) is 13.2 Å². The Kier molecular flexibility index (Phi) is 10.1. The molecule has 1 unspecified atom stereocenters. The van der Waals surface area contributed by atoms with Crippen molar-refractivity contribution in [1.29, 1.82) is 0 Å². The lowest BCUT2D eigenvalue weighted by Gasteiger charge is -2.22. The van der Waals surface area contributed by atoms with E-state index in [1.807, 2.05) is 43.4 Å². The van der Waals surface area contributed by atoms with Crippen LogP contribution in [0.25, 0.3) is 0 Å². The molecular formula is C22H29ClIN3O. The summed E-state index contributed by atoms with van der Waals surface area (Å²) >= 11 is 6.23. The van der Waals surface area contributed by atoms with Gasteiger partial charge in [0.25, 0.3) is 0 Å². The number of likely N-dealkylation sites (tertiary alicyclic amines) is 1. The van der Waals surface area contributed by atoms with Crippen molar-refractivity contribution < 1.29 is 4.74 Å². The van der Waals surface area contributed by atoms with Gasteiger partial charge in [-0.15, -0.1) is 24.0 Å². The predicted molar refractivity (Wildman–Crippen MR) is 128 cm³/mol. The lowest BCUT2D eigenvalue weighted by atomic mass is 10.1. The topological polar surface area (TPSA) is 36.9 Å². The largest absolute Gasteiger partial charge is 0.376 e. The van der Waals surface area contributed by atoms with Gasteiger partial charge in [-0.2, -0.15) is 0 Å². The molecule has 0 radical (unpaired) electrons. The normalized spacial score (nSPS) is 16.7. The van der Waals surface area contributed by atoms with Crippen molar-refractivity contribution >= 4 is 41.5 Å². The number of ether oxygens (including phenoxy) is 1. The molecular weight excluding hydrogens is 485 g/mol. The number of hydrogen-bond acceptors (Lipinski definition) is 2. The van der Waals surface area contributed by atoms with Crippen LogP contribution in [0, 0.1) is 5.92 Å². The van der Waals surface area contributed by atoms with Crippen LogP contribution in [0.4, 0.5) is 0 Å². The third kappa shape index (κ3) is 6.94. The Morgan fingerprint density at radius 1 is 1.18 bits per heavy atom. The molecule has 0 bridgehead atoms. The average molecular weight is 514 g/mol. The maximum atomic E-state index is 6.23. The zero-order chi connectivity index (χ0) is 18.9. The molecule has 0 amide bonds. The van der Waals surface area contributed by atoms with E-state index in [9.17, 15) is 0 Å². The minimum absolute atomic E-state index is 0. The molecule has 0 aromatic heterocycles. The van der Waals surface area contributed by atoms with Gasteiger partial charge in [-0.1, -0.05) is 60.1 Å². The number of guanidine groups is 1. The Balaban J connectivity index is 0.00000280. The third-order valence-corrected chi connectivity index (χ3v) is 5.27. The van der Waals surface area contributed by atoms with Crippen molar-refractivity contribution in [3.63, 3.8) is 0 Å². The Bertz CT molecular complexity index is 742. The number of nitrogens with zero attached hydrogens (tertiary/aromatic N) is 2. The first-order valence-corrected chi connectivity index (χ1v) is 9.94. The first-order valence-electron chi connectivity index (χ1n) is 9.57. The van der Waals surface area contributed by atoms with E-state index in [1.165, 1.54) is 5.56 Å². The lowest BCUT2D eigenvalue weighted by Crippen LogP contribution is -2.41. The summed E-state index contributed by atoms with van der Waals surface area (Å²) in [6, 6.07) is 18.3. The van der Waals surface area contributed by atoms with Gasteiger partial charge in [-0.25, -0.2) is 0 Å². The molecule has 1 aliphatic heterocycles. The molecule has 28 heavy (non-hydrogen) atoms. The molecule has 0 aliphatic carbocycles. The van der Waals surface area contributed by atoms with E-state index in [-0.39, 0.29) is 24.0 Å². The maximum Gasteiger partial charge on any atom is 0.193 e. The van der Waals surface area contributed by atoms with Crippen LogP contribution >= 0.6 is 35.6 Å². The van der Waals surface area contributed by atoms with Gasteiger partial charge >= 0.3 is 0 Å². The van der Waals surface area contributed by atoms with Gasteiger partial charge in [-0.05, 0) is 30.0 Å². The van der Waals surface area contributed by atoms with E-state index in [2.05, 4.69) is 33.4 Å². The van der Waals surface area contributed by atoms with E-state index in [4.69, 9.17) is 16.3 Å². The van der Waals surface area contributed by atoms with Crippen LogP contribution in [0.2, 0.25) is 5.02 Å². The molecule has 152 valence electrons. The smallest absolute Gasteiger partial charge is 0.193 e. The van der Waals surface area contributed by atoms with Crippen molar-refractivity contribution in [3.05, 3.63) is 70.7 Å². The fraction of sp³-hybridized carbons (Fsp3) is 0.409. The molecule has 1 atom stereocenters. The van der Waals surface area contributed by atoms with Gasteiger partial charge in [0.1, 0.15) is 0 Å². The SMILES string of the molecule is CN=C(NCCc1ccccc1Cl)N1CCC(COCc2ccccc2)C1.I. The molecule has 0 saturated carbocycles. The molecule has 4 nitrogen and oxygen atoms in total. The number of nitrogens with one attached hydrogen (secondary N) is 1. The molecule has 1 N–H and O–H groups in total.